The van der Waals surface area contributed by atoms with Crippen LogP contribution in [0.3, 0.4) is 0 Å². The molecule has 7 heteroatoms. The second-order valence-electron chi connectivity index (χ2n) is 7.40. The van der Waals surface area contributed by atoms with Gasteiger partial charge in [0.1, 0.15) is 0 Å². The predicted molar refractivity (Wildman–Crippen MR) is 104 cm³/mol. The minimum atomic E-state index is -0.336. The summed E-state index contributed by atoms with van der Waals surface area (Å²) in [6.45, 7) is 0. The molecule has 1 aromatic carbocycles. The summed E-state index contributed by atoms with van der Waals surface area (Å²) < 4.78 is 0. The standard InChI is InChI=1S/C19H18N2O3S2/c22-19-20-18-17(26-19)13(15-11-5-6-12(9-11)16(15)25-18)8-7-10-3-1-2-4-14(10)21(23)24/h1-4,7-8,11-13,15-16H,5-6,9H2,(H,20,22)/b8-7+/t11-,12-,13-,15+,16-/m0/s1. The molecule has 3 aliphatic rings. The molecule has 0 spiro atoms. The van der Waals surface area contributed by atoms with Gasteiger partial charge in [0, 0.05) is 22.1 Å². The van der Waals surface area contributed by atoms with E-state index in [2.05, 4.69) is 11.1 Å². The van der Waals surface area contributed by atoms with Gasteiger partial charge in [-0.3, -0.25) is 14.9 Å². The number of thiazole rings is 1. The third-order valence-electron chi connectivity index (χ3n) is 6.13. The lowest BCUT2D eigenvalue weighted by molar-refractivity contribution is -0.385. The number of hydrogen-bond donors (Lipinski definition) is 1. The highest BCUT2D eigenvalue weighted by Crippen LogP contribution is 2.62. The van der Waals surface area contributed by atoms with Crippen LogP contribution < -0.4 is 4.87 Å². The fraction of sp³-hybridized carbons (Fsp3) is 0.421. The summed E-state index contributed by atoms with van der Waals surface area (Å²) in [6, 6.07) is 6.83. The Balaban J connectivity index is 1.56. The molecule has 0 saturated heterocycles. The molecule has 2 bridgehead atoms. The second-order valence-corrected chi connectivity index (χ2v) is 9.60. The summed E-state index contributed by atoms with van der Waals surface area (Å²) in [6.07, 6.45) is 7.86. The highest BCUT2D eigenvalue weighted by atomic mass is 32.2. The number of aromatic nitrogens is 1. The monoisotopic (exact) mass is 386 g/mol. The van der Waals surface area contributed by atoms with E-state index in [4.69, 9.17) is 0 Å². The summed E-state index contributed by atoms with van der Waals surface area (Å²) in [4.78, 5) is 27.0. The minimum absolute atomic E-state index is 0.00101. The molecule has 2 aromatic rings. The second kappa shape index (κ2) is 6.09. The van der Waals surface area contributed by atoms with E-state index in [9.17, 15) is 14.9 Å². The molecule has 0 radical (unpaired) electrons. The van der Waals surface area contributed by atoms with Crippen LogP contribution in [0.2, 0.25) is 0 Å². The van der Waals surface area contributed by atoms with E-state index in [1.54, 1.807) is 12.1 Å². The van der Waals surface area contributed by atoms with Gasteiger partial charge >= 0.3 is 4.87 Å². The normalized spacial score (nSPS) is 31.9. The maximum Gasteiger partial charge on any atom is 0.305 e. The number of aromatic amines is 1. The average molecular weight is 386 g/mol. The summed E-state index contributed by atoms with van der Waals surface area (Å²) in [7, 11) is 0. The maximum atomic E-state index is 12.0. The number of rotatable bonds is 3. The van der Waals surface area contributed by atoms with Gasteiger partial charge in [-0.05, 0) is 43.1 Å². The summed E-state index contributed by atoms with van der Waals surface area (Å²) in [5.74, 6) is 2.17. The minimum Gasteiger partial charge on any atom is -0.307 e. The van der Waals surface area contributed by atoms with Crippen molar-refractivity contribution in [1.82, 2.24) is 4.98 Å². The third kappa shape index (κ3) is 2.48. The number of nitrogens with zero attached hydrogens (tertiary/aromatic N) is 1. The summed E-state index contributed by atoms with van der Waals surface area (Å²) in [5, 5.41) is 12.9. The zero-order valence-electron chi connectivity index (χ0n) is 14.0. The first-order valence-corrected chi connectivity index (χ1v) is 10.6. The number of nitro benzene ring substituents is 1. The van der Waals surface area contributed by atoms with Crippen LogP contribution in [0, 0.1) is 27.9 Å². The van der Waals surface area contributed by atoms with E-state index in [0.29, 0.717) is 22.6 Å². The molecular formula is C19H18N2O3S2. The Morgan fingerprint density at radius 3 is 2.88 bits per heavy atom. The zero-order valence-corrected chi connectivity index (χ0v) is 15.6. The van der Waals surface area contributed by atoms with Crippen molar-refractivity contribution in [2.75, 3.05) is 0 Å². The van der Waals surface area contributed by atoms with Gasteiger partial charge in [-0.1, -0.05) is 35.6 Å². The van der Waals surface area contributed by atoms with E-state index in [0.717, 1.165) is 15.8 Å². The van der Waals surface area contributed by atoms with Gasteiger partial charge in [0.2, 0.25) is 0 Å². The number of nitrogens with one attached hydrogen (secondary N) is 1. The van der Waals surface area contributed by atoms with Gasteiger partial charge in [0.25, 0.3) is 5.69 Å². The van der Waals surface area contributed by atoms with E-state index >= 15 is 0 Å². The SMILES string of the molecule is O=c1[nH]c2c(s1)[C@@H](/C=C/c1ccccc1[N+](=O)[O-])[C@H]1[C@H]3CC[C@@H](C3)[C@@H]1S2. The van der Waals surface area contributed by atoms with E-state index < -0.39 is 0 Å². The number of fused-ring (bicyclic) bond motifs is 6. The molecule has 5 atom stereocenters. The summed E-state index contributed by atoms with van der Waals surface area (Å²) in [5.41, 5.74) is 0.751. The van der Waals surface area contributed by atoms with Crippen molar-refractivity contribution in [3.05, 3.63) is 60.6 Å². The fourth-order valence-electron chi connectivity index (χ4n) is 5.12. The van der Waals surface area contributed by atoms with Crippen molar-refractivity contribution in [1.29, 1.82) is 0 Å². The molecule has 2 fully saturated rings. The van der Waals surface area contributed by atoms with Crippen LogP contribution in [0.15, 0.2) is 40.2 Å². The molecule has 1 N–H and O–H groups in total. The van der Waals surface area contributed by atoms with Gasteiger partial charge < -0.3 is 4.98 Å². The quantitative estimate of drug-likeness (QED) is 0.615. The molecule has 134 valence electrons. The van der Waals surface area contributed by atoms with Crippen LogP contribution in [0.1, 0.15) is 35.6 Å². The van der Waals surface area contributed by atoms with Gasteiger partial charge in [0.15, 0.2) is 0 Å². The number of allylic oxidation sites excluding steroid dienone is 1. The van der Waals surface area contributed by atoms with Crippen molar-refractivity contribution in [2.45, 2.75) is 35.5 Å². The largest absolute Gasteiger partial charge is 0.307 e. The number of hydrogen-bond acceptors (Lipinski definition) is 5. The first-order valence-electron chi connectivity index (χ1n) is 8.93. The molecule has 0 unspecified atom stereocenters. The van der Waals surface area contributed by atoms with Crippen molar-refractivity contribution < 1.29 is 4.92 Å². The number of para-hydroxylation sites is 1. The topological polar surface area (TPSA) is 76.0 Å². The van der Waals surface area contributed by atoms with Crippen LogP contribution in [-0.4, -0.2) is 15.2 Å². The number of H-pyrrole nitrogens is 1. The molecule has 2 saturated carbocycles. The van der Waals surface area contributed by atoms with Crippen LogP contribution in [0.4, 0.5) is 5.69 Å². The first kappa shape index (κ1) is 16.3. The Morgan fingerprint density at radius 2 is 2.04 bits per heavy atom. The lowest BCUT2D eigenvalue weighted by atomic mass is 9.77. The first-order chi connectivity index (χ1) is 12.6. The van der Waals surface area contributed by atoms with E-state index in [1.165, 1.54) is 36.7 Å². The van der Waals surface area contributed by atoms with Crippen molar-refractivity contribution in [3.63, 3.8) is 0 Å². The van der Waals surface area contributed by atoms with Gasteiger partial charge in [-0.15, -0.1) is 11.8 Å². The molecule has 1 aliphatic heterocycles. The molecule has 2 aliphatic carbocycles. The molecule has 5 nitrogen and oxygen atoms in total. The van der Waals surface area contributed by atoms with Crippen LogP contribution in [0.25, 0.3) is 6.08 Å². The zero-order chi connectivity index (χ0) is 17.8. The Labute approximate surface area is 158 Å². The molecule has 1 aromatic heterocycles. The van der Waals surface area contributed by atoms with Crippen LogP contribution in [-0.2, 0) is 0 Å². The van der Waals surface area contributed by atoms with Gasteiger partial charge in [0.05, 0.1) is 15.5 Å². The molecule has 5 rings (SSSR count). The molecule has 2 heterocycles. The Bertz CT molecular complexity index is 964. The fourth-order valence-corrected chi connectivity index (χ4v) is 7.98. The summed E-state index contributed by atoms with van der Waals surface area (Å²) >= 11 is 3.16. The lowest BCUT2D eigenvalue weighted by Gasteiger charge is -2.38. The maximum absolute atomic E-state index is 12.0. The molecule has 0 amide bonds. The smallest absolute Gasteiger partial charge is 0.305 e. The highest BCUT2D eigenvalue weighted by Gasteiger charge is 2.53. The number of thioether (sulfide) groups is 1. The van der Waals surface area contributed by atoms with Crippen molar-refractivity contribution in [3.8, 4) is 0 Å². The number of benzene rings is 1. The Kier molecular flexibility index (Phi) is 3.83. The Morgan fingerprint density at radius 1 is 1.23 bits per heavy atom. The van der Waals surface area contributed by atoms with E-state index in [-0.39, 0.29) is 21.4 Å². The number of nitro groups is 1. The Hall–Kier alpha value is -1.86. The third-order valence-corrected chi connectivity index (χ3v) is 8.77. The van der Waals surface area contributed by atoms with Crippen LogP contribution >= 0.6 is 23.1 Å². The van der Waals surface area contributed by atoms with Crippen LogP contribution in [0.5, 0.6) is 0 Å². The molecule has 26 heavy (non-hydrogen) atoms. The predicted octanol–water partition coefficient (Wildman–Crippen LogP) is 4.66. The van der Waals surface area contributed by atoms with Crippen molar-refractivity contribution >= 4 is 34.9 Å². The van der Waals surface area contributed by atoms with Gasteiger partial charge in [-0.25, -0.2) is 0 Å². The van der Waals surface area contributed by atoms with Gasteiger partial charge in [-0.2, -0.15) is 0 Å². The molecular weight excluding hydrogens is 368 g/mol. The van der Waals surface area contributed by atoms with Crippen molar-refractivity contribution in [2.24, 2.45) is 17.8 Å². The lowest BCUT2D eigenvalue weighted by Crippen LogP contribution is -2.32. The average Bonchev–Trinajstić information content (AvgIpc) is 3.32. The highest BCUT2D eigenvalue weighted by molar-refractivity contribution is 8.00. The van der Waals surface area contributed by atoms with E-state index in [1.807, 2.05) is 23.9 Å².